The number of rotatable bonds is 35. The molecule has 0 heterocycles. The molecule has 9 heteroatoms. The molecule has 0 aromatic carbocycles. The van der Waals surface area contributed by atoms with Gasteiger partial charge in [0.1, 0.15) is 6.61 Å². The molecule has 2 N–H and O–H groups in total. The molecule has 48 heavy (non-hydrogen) atoms. The highest BCUT2D eigenvalue weighted by Crippen LogP contribution is 2.36. The molecule has 0 saturated carbocycles. The molecular formula is C39H69O8P. The second kappa shape index (κ2) is 34.9. The van der Waals surface area contributed by atoms with E-state index in [1.165, 1.54) is 83.5 Å². The maximum Gasteiger partial charge on any atom is 0.469 e. The van der Waals surface area contributed by atoms with Gasteiger partial charge in [-0.3, -0.25) is 14.1 Å². The first kappa shape index (κ1) is 46.0. The summed E-state index contributed by atoms with van der Waals surface area (Å²) in [6.45, 7) is 5.12. The van der Waals surface area contributed by atoms with Gasteiger partial charge in [-0.25, -0.2) is 4.57 Å². The molecule has 0 aliphatic heterocycles. The van der Waals surface area contributed by atoms with Crippen molar-refractivity contribution in [2.75, 3.05) is 13.2 Å². The van der Waals surface area contributed by atoms with E-state index >= 15 is 0 Å². The molecule has 0 aliphatic rings. The van der Waals surface area contributed by atoms with Gasteiger partial charge >= 0.3 is 19.8 Å². The summed E-state index contributed by atoms with van der Waals surface area (Å²) < 4.78 is 26.3. The summed E-state index contributed by atoms with van der Waals surface area (Å²) in [5.41, 5.74) is 0. The first-order valence-electron chi connectivity index (χ1n) is 18.9. The molecular weight excluding hydrogens is 627 g/mol. The lowest BCUT2D eigenvalue weighted by atomic mass is 10.0. The monoisotopic (exact) mass is 696 g/mol. The van der Waals surface area contributed by atoms with Gasteiger partial charge in [-0.2, -0.15) is 0 Å². The van der Waals surface area contributed by atoms with E-state index in [4.69, 9.17) is 19.3 Å². The summed E-state index contributed by atoms with van der Waals surface area (Å²) in [5, 5.41) is 0. The third-order valence-corrected chi connectivity index (χ3v) is 8.45. The zero-order valence-corrected chi connectivity index (χ0v) is 31.1. The van der Waals surface area contributed by atoms with Crippen molar-refractivity contribution in [2.24, 2.45) is 0 Å². The molecule has 0 fully saturated rings. The van der Waals surface area contributed by atoms with Gasteiger partial charge in [0, 0.05) is 12.8 Å². The van der Waals surface area contributed by atoms with E-state index in [2.05, 4.69) is 54.5 Å². The molecule has 0 bridgehead atoms. The minimum absolute atomic E-state index is 0.162. The van der Waals surface area contributed by atoms with Crippen LogP contribution in [-0.2, 0) is 28.2 Å². The minimum Gasteiger partial charge on any atom is -0.462 e. The van der Waals surface area contributed by atoms with Crippen LogP contribution in [0.5, 0.6) is 0 Å². The van der Waals surface area contributed by atoms with Crippen LogP contribution in [0.1, 0.15) is 167 Å². The zero-order valence-electron chi connectivity index (χ0n) is 30.2. The Labute approximate surface area is 293 Å². The van der Waals surface area contributed by atoms with Gasteiger partial charge < -0.3 is 19.3 Å². The van der Waals surface area contributed by atoms with Gasteiger partial charge in [0.05, 0.1) is 6.61 Å². The predicted molar refractivity (Wildman–Crippen MR) is 198 cm³/mol. The number of allylic oxidation sites excluding steroid dienone is 7. The van der Waals surface area contributed by atoms with E-state index in [0.29, 0.717) is 6.42 Å². The maximum absolute atomic E-state index is 12.3. The lowest BCUT2D eigenvalue weighted by Crippen LogP contribution is -2.29. The van der Waals surface area contributed by atoms with Crippen molar-refractivity contribution in [1.29, 1.82) is 0 Å². The van der Waals surface area contributed by atoms with E-state index in [1.54, 1.807) is 0 Å². The average molecular weight is 697 g/mol. The number of hydrogen-bond acceptors (Lipinski definition) is 6. The van der Waals surface area contributed by atoms with Crippen LogP contribution >= 0.6 is 7.82 Å². The summed E-state index contributed by atoms with van der Waals surface area (Å²) >= 11 is 0. The van der Waals surface area contributed by atoms with Gasteiger partial charge in [-0.1, -0.05) is 133 Å². The molecule has 0 aromatic heterocycles. The lowest BCUT2D eigenvalue weighted by molar-refractivity contribution is -0.161. The molecule has 0 saturated heterocycles. The lowest BCUT2D eigenvalue weighted by Gasteiger charge is -2.18. The van der Waals surface area contributed by atoms with Crippen molar-refractivity contribution in [3.63, 3.8) is 0 Å². The van der Waals surface area contributed by atoms with Gasteiger partial charge in [0.25, 0.3) is 0 Å². The number of carbonyl (C=O) groups is 2. The Morgan fingerprint density at radius 1 is 0.604 bits per heavy atom. The summed E-state index contributed by atoms with van der Waals surface area (Å²) in [6.07, 6.45) is 40.1. The number of phosphoric acid groups is 1. The highest BCUT2D eigenvalue weighted by molar-refractivity contribution is 7.46. The van der Waals surface area contributed by atoms with Crippen molar-refractivity contribution in [1.82, 2.24) is 0 Å². The van der Waals surface area contributed by atoms with Crippen LogP contribution in [-0.4, -0.2) is 41.0 Å². The Balaban J connectivity index is 4.02. The fraction of sp³-hybridized carbons (Fsp3) is 0.744. The SMILES string of the molecule is C=CCCCCCCCCCCCCCCCC(=O)OC[C@H](COP(=O)(O)O)OC(=O)CCCC/C=C/C/C=C/C/C=C/CCCCC. The number of carbonyl (C=O) groups excluding carboxylic acids is 2. The number of esters is 2. The summed E-state index contributed by atoms with van der Waals surface area (Å²) in [5.74, 6) is -0.934. The zero-order chi connectivity index (χ0) is 35.4. The first-order valence-corrected chi connectivity index (χ1v) is 20.4. The Bertz CT molecular complexity index is 908. The van der Waals surface area contributed by atoms with Crippen molar-refractivity contribution < 1.29 is 37.9 Å². The van der Waals surface area contributed by atoms with Crippen LogP contribution in [0, 0.1) is 0 Å². The molecule has 0 radical (unpaired) electrons. The van der Waals surface area contributed by atoms with E-state index in [0.717, 1.165) is 57.8 Å². The molecule has 0 unspecified atom stereocenters. The molecule has 8 nitrogen and oxygen atoms in total. The van der Waals surface area contributed by atoms with E-state index < -0.39 is 32.5 Å². The standard InChI is InChI=1S/C39H69O8P/c1-3-5-7-9-11-13-15-17-19-21-23-25-27-29-31-33-38(40)45-35-37(36-46-48(42,43)44)47-39(41)34-32-30-28-26-24-22-20-18-16-14-12-10-8-6-4-2/h3,12,14,18,20,24,26,37H,1,4-11,13,15-17,19,21-23,25,27-36H2,2H3,(H2,42,43,44)/b14-12+,20-18+,26-24+/t37-/m1/s1. The van der Waals surface area contributed by atoms with Crippen LogP contribution < -0.4 is 0 Å². The Kier molecular flexibility index (Phi) is 33.4. The topological polar surface area (TPSA) is 119 Å². The summed E-state index contributed by atoms with van der Waals surface area (Å²) in [4.78, 5) is 42.7. The van der Waals surface area contributed by atoms with Crippen molar-refractivity contribution in [2.45, 2.75) is 174 Å². The first-order chi connectivity index (χ1) is 23.3. The highest BCUT2D eigenvalue weighted by atomic mass is 31.2. The Morgan fingerprint density at radius 3 is 1.56 bits per heavy atom. The van der Waals surface area contributed by atoms with Gasteiger partial charge in [-0.15, -0.1) is 6.58 Å². The van der Waals surface area contributed by atoms with Gasteiger partial charge in [0.2, 0.25) is 0 Å². The molecule has 0 aliphatic carbocycles. The summed E-state index contributed by atoms with van der Waals surface area (Å²) in [7, 11) is -4.76. The fourth-order valence-electron chi connectivity index (χ4n) is 5.12. The molecule has 0 aromatic rings. The van der Waals surface area contributed by atoms with Crippen molar-refractivity contribution in [3.8, 4) is 0 Å². The second-order valence-corrected chi connectivity index (χ2v) is 13.9. The Morgan fingerprint density at radius 2 is 1.04 bits per heavy atom. The van der Waals surface area contributed by atoms with Crippen LogP contribution in [0.25, 0.3) is 0 Å². The second-order valence-electron chi connectivity index (χ2n) is 12.6. The average Bonchev–Trinajstić information content (AvgIpc) is 3.05. The minimum atomic E-state index is -4.76. The normalized spacial score (nSPS) is 12.7. The maximum atomic E-state index is 12.3. The number of phosphoric ester groups is 1. The molecule has 278 valence electrons. The quantitative estimate of drug-likeness (QED) is 0.0291. The van der Waals surface area contributed by atoms with Crippen LogP contribution in [0.3, 0.4) is 0 Å². The summed E-state index contributed by atoms with van der Waals surface area (Å²) in [6, 6.07) is 0. The van der Waals surface area contributed by atoms with Gasteiger partial charge in [-0.05, 0) is 64.2 Å². The Hall–Kier alpha value is -1.99. The van der Waals surface area contributed by atoms with E-state index in [9.17, 15) is 14.2 Å². The molecule has 0 amide bonds. The van der Waals surface area contributed by atoms with E-state index in [-0.39, 0.29) is 19.4 Å². The third kappa shape index (κ3) is 36.8. The number of unbranched alkanes of at least 4 members (excludes halogenated alkanes) is 18. The van der Waals surface area contributed by atoms with Crippen LogP contribution in [0.15, 0.2) is 49.1 Å². The molecule has 0 spiro atoms. The number of ether oxygens (including phenoxy) is 2. The smallest absolute Gasteiger partial charge is 0.462 e. The third-order valence-electron chi connectivity index (χ3n) is 7.97. The fourth-order valence-corrected chi connectivity index (χ4v) is 5.48. The largest absolute Gasteiger partial charge is 0.469 e. The van der Waals surface area contributed by atoms with Crippen LogP contribution in [0.2, 0.25) is 0 Å². The van der Waals surface area contributed by atoms with E-state index in [1.807, 2.05) is 6.08 Å². The highest BCUT2D eigenvalue weighted by Gasteiger charge is 2.22. The van der Waals surface area contributed by atoms with Crippen molar-refractivity contribution >= 4 is 19.8 Å². The molecule has 1 atom stereocenters. The number of hydrogen-bond donors (Lipinski definition) is 2. The van der Waals surface area contributed by atoms with Crippen LogP contribution in [0.4, 0.5) is 0 Å². The predicted octanol–water partition coefficient (Wildman–Crippen LogP) is 11.2. The van der Waals surface area contributed by atoms with Gasteiger partial charge in [0.15, 0.2) is 6.10 Å². The molecule has 0 rings (SSSR count). The van der Waals surface area contributed by atoms with Crippen molar-refractivity contribution in [3.05, 3.63) is 49.1 Å².